The van der Waals surface area contributed by atoms with Gasteiger partial charge in [-0.2, -0.15) is 0 Å². The molecule has 26 heavy (non-hydrogen) atoms. The standard InChI is InChI=1S/C21H22N2O3/c1-14-6-4-5-7-15(14)9-11-20-22-18(21(24)23-20)12-16-8-10-17(25-2)13-19(16)26-3/h4-8,10,12-13H,9,11H2,1-3H3,(H,22,23,24)/b18-12+. The van der Waals surface area contributed by atoms with E-state index in [0.29, 0.717) is 29.5 Å². The second kappa shape index (κ2) is 7.87. The van der Waals surface area contributed by atoms with Crippen LogP contribution < -0.4 is 14.8 Å². The average Bonchev–Trinajstić information content (AvgIpc) is 3.01. The van der Waals surface area contributed by atoms with Crippen molar-refractivity contribution in [2.75, 3.05) is 14.2 Å². The molecule has 0 bridgehead atoms. The van der Waals surface area contributed by atoms with Crippen LogP contribution in [0.1, 0.15) is 23.1 Å². The molecule has 0 saturated carbocycles. The number of methoxy groups -OCH3 is 2. The van der Waals surface area contributed by atoms with Crippen LogP contribution in [-0.4, -0.2) is 26.0 Å². The van der Waals surface area contributed by atoms with Crippen LogP contribution in [0.2, 0.25) is 0 Å². The Kier molecular flexibility index (Phi) is 5.37. The van der Waals surface area contributed by atoms with Crippen molar-refractivity contribution < 1.29 is 14.3 Å². The van der Waals surface area contributed by atoms with Crippen molar-refractivity contribution in [3.8, 4) is 11.5 Å². The number of benzene rings is 2. The van der Waals surface area contributed by atoms with Gasteiger partial charge in [0, 0.05) is 18.1 Å². The number of aryl methyl sites for hydroxylation is 2. The van der Waals surface area contributed by atoms with Gasteiger partial charge in [-0.3, -0.25) is 4.79 Å². The summed E-state index contributed by atoms with van der Waals surface area (Å²) in [5.41, 5.74) is 3.67. The van der Waals surface area contributed by atoms with Crippen molar-refractivity contribution >= 4 is 17.8 Å². The molecule has 0 spiro atoms. The van der Waals surface area contributed by atoms with Crippen LogP contribution in [0.15, 0.2) is 53.2 Å². The average molecular weight is 350 g/mol. The minimum absolute atomic E-state index is 0.192. The highest BCUT2D eigenvalue weighted by atomic mass is 16.5. The SMILES string of the molecule is COc1ccc(/C=C2/N=C(CCc3ccccc3C)NC2=O)c(OC)c1. The molecule has 3 rings (SSSR count). The maximum Gasteiger partial charge on any atom is 0.275 e. The summed E-state index contributed by atoms with van der Waals surface area (Å²) in [6, 6.07) is 13.7. The lowest BCUT2D eigenvalue weighted by molar-refractivity contribution is -0.115. The molecular weight excluding hydrogens is 328 g/mol. The van der Waals surface area contributed by atoms with Gasteiger partial charge < -0.3 is 14.8 Å². The lowest BCUT2D eigenvalue weighted by Crippen LogP contribution is -2.24. The highest BCUT2D eigenvalue weighted by Gasteiger charge is 2.20. The Morgan fingerprint density at radius 1 is 1.08 bits per heavy atom. The Morgan fingerprint density at radius 3 is 2.62 bits per heavy atom. The quantitative estimate of drug-likeness (QED) is 0.811. The lowest BCUT2D eigenvalue weighted by Gasteiger charge is -2.07. The van der Waals surface area contributed by atoms with E-state index >= 15 is 0 Å². The number of amides is 1. The van der Waals surface area contributed by atoms with Crippen molar-refractivity contribution in [3.63, 3.8) is 0 Å². The van der Waals surface area contributed by atoms with E-state index in [9.17, 15) is 4.79 Å². The van der Waals surface area contributed by atoms with Gasteiger partial charge in [-0.15, -0.1) is 0 Å². The number of rotatable bonds is 6. The fraction of sp³-hybridized carbons (Fsp3) is 0.238. The first kappa shape index (κ1) is 17.7. The zero-order chi connectivity index (χ0) is 18.5. The van der Waals surface area contributed by atoms with E-state index in [1.807, 2.05) is 24.3 Å². The molecule has 1 amide bonds. The first-order valence-electron chi connectivity index (χ1n) is 8.48. The molecule has 0 aliphatic carbocycles. The number of nitrogens with zero attached hydrogens (tertiary/aromatic N) is 1. The lowest BCUT2D eigenvalue weighted by atomic mass is 10.0. The Hall–Kier alpha value is -3.08. The number of carbonyl (C=O) groups excluding carboxylic acids is 1. The molecule has 2 aromatic carbocycles. The van der Waals surface area contributed by atoms with E-state index < -0.39 is 0 Å². The molecule has 5 heteroatoms. The van der Waals surface area contributed by atoms with Crippen LogP contribution in [0.4, 0.5) is 0 Å². The summed E-state index contributed by atoms with van der Waals surface area (Å²) in [6.45, 7) is 2.09. The number of ether oxygens (including phenoxy) is 2. The normalized spacial score (nSPS) is 15.0. The third kappa shape index (κ3) is 3.94. The Balaban J connectivity index is 1.77. The Morgan fingerprint density at radius 2 is 1.88 bits per heavy atom. The fourth-order valence-electron chi connectivity index (χ4n) is 2.86. The van der Waals surface area contributed by atoms with Crippen molar-refractivity contribution in [2.45, 2.75) is 19.8 Å². The smallest absolute Gasteiger partial charge is 0.275 e. The van der Waals surface area contributed by atoms with Crippen molar-refractivity contribution in [1.82, 2.24) is 5.32 Å². The van der Waals surface area contributed by atoms with E-state index in [1.165, 1.54) is 11.1 Å². The number of hydrogen-bond donors (Lipinski definition) is 1. The van der Waals surface area contributed by atoms with Gasteiger partial charge in [0.05, 0.1) is 14.2 Å². The van der Waals surface area contributed by atoms with Crippen LogP contribution in [-0.2, 0) is 11.2 Å². The highest BCUT2D eigenvalue weighted by Crippen LogP contribution is 2.27. The largest absolute Gasteiger partial charge is 0.497 e. The van der Waals surface area contributed by atoms with Gasteiger partial charge in [-0.1, -0.05) is 24.3 Å². The van der Waals surface area contributed by atoms with Gasteiger partial charge >= 0.3 is 0 Å². The van der Waals surface area contributed by atoms with E-state index in [4.69, 9.17) is 9.47 Å². The van der Waals surface area contributed by atoms with Crippen molar-refractivity contribution in [3.05, 3.63) is 64.9 Å². The molecule has 2 aromatic rings. The van der Waals surface area contributed by atoms with Crippen LogP contribution in [0, 0.1) is 6.92 Å². The minimum atomic E-state index is -0.192. The minimum Gasteiger partial charge on any atom is -0.497 e. The van der Waals surface area contributed by atoms with Crippen LogP contribution in [0.3, 0.4) is 0 Å². The summed E-state index contributed by atoms with van der Waals surface area (Å²) in [7, 11) is 3.19. The number of nitrogens with one attached hydrogen (secondary N) is 1. The summed E-state index contributed by atoms with van der Waals surface area (Å²) in [5.74, 6) is 1.83. The van der Waals surface area contributed by atoms with Gasteiger partial charge in [0.25, 0.3) is 5.91 Å². The molecule has 134 valence electrons. The van der Waals surface area contributed by atoms with Crippen LogP contribution >= 0.6 is 0 Å². The van der Waals surface area contributed by atoms with Crippen LogP contribution in [0.25, 0.3) is 6.08 Å². The zero-order valence-corrected chi connectivity index (χ0v) is 15.2. The predicted octanol–water partition coefficient (Wildman–Crippen LogP) is 3.51. The van der Waals surface area contributed by atoms with Gasteiger partial charge in [0.15, 0.2) is 0 Å². The highest BCUT2D eigenvalue weighted by molar-refractivity contribution is 6.14. The number of amidine groups is 1. The van der Waals surface area contributed by atoms with Gasteiger partial charge in [0.1, 0.15) is 23.0 Å². The number of carbonyl (C=O) groups is 1. The summed E-state index contributed by atoms with van der Waals surface area (Å²) in [5, 5.41) is 2.85. The first-order chi connectivity index (χ1) is 12.6. The summed E-state index contributed by atoms with van der Waals surface area (Å²) < 4.78 is 10.6. The fourth-order valence-corrected chi connectivity index (χ4v) is 2.86. The maximum atomic E-state index is 12.2. The molecule has 0 unspecified atom stereocenters. The zero-order valence-electron chi connectivity index (χ0n) is 15.2. The van der Waals surface area contributed by atoms with Crippen molar-refractivity contribution in [1.29, 1.82) is 0 Å². The second-order valence-electron chi connectivity index (χ2n) is 6.08. The first-order valence-corrected chi connectivity index (χ1v) is 8.48. The molecule has 0 radical (unpaired) electrons. The predicted molar refractivity (Wildman–Crippen MR) is 103 cm³/mol. The second-order valence-corrected chi connectivity index (χ2v) is 6.08. The topological polar surface area (TPSA) is 59.9 Å². The van der Waals surface area contributed by atoms with Gasteiger partial charge in [-0.25, -0.2) is 4.99 Å². The van der Waals surface area contributed by atoms with Gasteiger partial charge in [0.2, 0.25) is 0 Å². The Bertz CT molecular complexity index is 885. The third-order valence-corrected chi connectivity index (χ3v) is 4.37. The van der Waals surface area contributed by atoms with E-state index in [2.05, 4.69) is 29.4 Å². The summed E-state index contributed by atoms with van der Waals surface area (Å²) >= 11 is 0. The molecule has 0 aromatic heterocycles. The third-order valence-electron chi connectivity index (χ3n) is 4.37. The Labute approximate surface area is 153 Å². The number of hydrogen-bond acceptors (Lipinski definition) is 4. The number of aliphatic imine (C=N–C) groups is 1. The molecule has 1 N–H and O–H groups in total. The maximum absolute atomic E-state index is 12.2. The van der Waals surface area contributed by atoms with E-state index in [-0.39, 0.29) is 5.91 Å². The molecule has 0 saturated heterocycles. The van der Waals surface area contributed by atoms with E-state index in [0.717, 1.165) is 12.0 Å². The van der Waals surface area contributed by atoms with Crippen molar-refractivity contribution in [2.24, 2.45) is 4.99 Å². The molecule has 0 atom stereocenters. The van der Waals surface area contributed by atoms with Gasteiger partial charge in [-0.05, 0) is 42.7 Å². The molecule has 5 nitrogen and oxygen atoms in total. The molecule has 1 heterocycles. The molecule has 1 aliphatic rings. The van der Waals surface area contributed by atoms with Crippen LogP contribution in [0.5, 0.6) is 11.5 Å². The summed E-state index contributed by atoms with van der Waals surface area (Å²) in [4.78, 5) is 16.7. The van der Waals surface area contributed by atoms with E-state index in [1.54, 1.807) is 26.4 Å². The molecular formula is C21H22N2O3. The molecule has 0 fully saturated rings. The summed E-state index contributed by atoms with van der Waals surface area (Å²) in [6.07, 6.45) is 3.26. The molecule has 1 aliphatic heterocycles. The monoisotopic (exact) mass is 350 g/mol.